The first-order valence-electron chi connectivity index (χ1n) is 6.63. The molecule has 100 valence electrons. The quantitative estimate of drug-likeness (QED) is 0.838. The van der Waals surface area contributed by atoms with Crippen LogP contribution in [0.5, 0.6) is 5.75 Å². The van der Waals surface area contributed by atoms with Crippen LogP contribution >= 0.6 is 15.9 Å². The zero-order valence-electron chi connectivity index (χ0n) is 11.4. The predicted molar refractivity (Wildman–Crippen MR) is 78.9 cm³/mol. The summed E-state index contributed by atoms with van der Waals surface area (Å²) in [4.78, 5) is 2.55. The van der Waals surface area contributed by atoms with E-state index in [-0.39, 0.29) is 0 Å². The summed E-state index contributed by atoms with van der Waals surface area (Å²) in [6, 6.07) is 6.20. The lowest BCUT2D eigenvalue weighted by Crippen LogP contribution is -2.38. The van der Waals surface area contributed by atoms with Crippen LogP contribution in [0.3, 0.4) is 0 Å². The molecule has 1 aromatic rings. The summed E-state index contributed by atoms with van der Waals surface area (Å²) in [6.45, 7) is 8.11. The Kier molecular flexibility index (Phi) is 4.68. The highest BCUT2D eigenvalue weighted by Gasteiger charge is 2.22. The van der Waals surface area contributed by atoms with Gasteiger partial charge in [-0.1, -0.05) is 29.8 Å². The summed E-state index contributed by atoms with van der Waals surface area (Å²) >= 11 is 3.63. The molecule has 0 amide bonds. The molecule has 0 spiro atoms. The van der Waals surface area contributed by atoms with E-state index in [4.69, 9.17) is 4.74 Å². The van der Waals surface area contributed by atoms with Crippen molar-refractivity contribution in [1.29, 1.82) is 0 Å². The van der Waals surface area contributed by atoms with E-state index in [2.05, 4.69) is 46.8 Å². The largest absolute Gasteiger partial charge is 0.497 e. The molecule has 0 saturated carbocycles. The van der Waals surface area contributed by atoms with E-state index in [1.807, 2.05) is 6.07 Å². The van der Waals surface area contributed by atoms with Gasteiger partial charge in [0.05, 0.1) is 7.11 Å². The van der Waals surface area contributed by atoms with Crippen molar-refractivity contribution in [2.24, 2.45) is 11.8 Å². The van der Waals surface area contributed by atoms with Gasteiger partial charge in [0.2, 0.25) is 0 Å². The standard InChI is InChI=1S/C15H22BrNO/c1-11-6-12(2)9-17(8-11)10-13-7-14(18-3)4-5-15(13)16/h4-5,7,11-12H,6,8-10H2,1-3H3. The lowest BCUT2D eigenvalue weighted by Gasteiger charge is -2.35. The molecule has 1 fully saturated rings. The Morgan fingerprint density at radius 3 is 2.56 bits per heavy atom. The van der Waals surface area contributed by atoms with Crippen LogP contribution in [0.2, 0.25) is 0 Å². The maximum absolute atomic E-state index is 5.30. The second-order valence-corrected chi connectivity index (χ2v) is 6.45. The molecule has 1 heterocycles. The van der Waals surface area contributed by atoms with E-state index >= 15 is 0 Å². The Balaban J connectivity index is 2.08. The third-order valence-electron chi connectivity index (χ3n) is 3.59. The van der Waals surface area contributed by atoms with Crippen LogP contribution in [0.15, 0.2) is 22.7 Å². The number of benzene rings is 1. The first kappa shape index (κ1) is 13.9. The topological polar surface area (TPSA) is 12.5 Å². The van der Waals surface area contributed by atoms with Gasteiger partial charge in [-0.2, -0.15) is 0 Å². The van der Waals surface area contributed by atoms with Gasteiger partial charge < -0.3 is 4.74 Å². The van der Waals surface area contributed by atoms with E-state index in [1.54, 1.807) is 7.11 Å². The molecule has 2 rings (SSSR count). The van der Waals surface area contributed by atoms with Crippen molar-refractivity contribution in [3.63, 3.8) is 0 Å². The number of nitrogens with zero attached hydrogens (tertiary/aromatic N) is 1. The lowest BCUT2D eigenvalue weighted by atomic mass is 9.91. The van der Waals surface area contributed by atoms with Crippen molar-refractivity contribution in [3.05, 3.63) is 28.2 Å². The number of ether oxygens (including phenoxy) is 1. The summed E-state index contributed by atoms with van der Waals surface area (Å²) in [6.07, 6.45) is 1.36. The fourth-order valence-electron chi connectivity index (χ4n) is 2.96. The van der Waals surface area contributed by atoms with Gasteiger partial charge in [-0.25, -0.2) is 0 Å². The molecule has 0 N–H and O–H groups in total. The minimum atomic E-state index is 0.804. The highest BCUT2D eigenvalue weighted by atomic mass is 79.9. The van der Waals surface area contributed by atoms with E-state index in [0.717, 1.165) is 24.1 Å². The monoisotopic (exact) mass is 311 g/mol. The maximum Gasteiger partial charge on any atom is 0.119 e. The number of halogens is 1. The fraction of sp³-hybridized carbons (Fsp3) is 0.600. The summed E-state index contributed by atoms with van der Waals surface area (Å²) in [5.74, 6) is 2.54. The molecule has 0 radical (unpaired) electrons. The smallest absolute Gasteiger partial charge is 0.119 e. The third kappa shape index (κ3) is 3.48. The molecule has 1 aromatic carbocycles. The average Bonchev–Trinajstić information content (AvgIpc) is 2.30. The second kappa shape index (κ2) is 6.07. The Hall–Kier alpha value is -0.540. The van der Waals surface area contributed by atoms with Gasteiger partial charge in [0.1, 0.15) is 5.75 Å². The van der Waals surface area contributed by atoms with Crippen LogP contribution in [0.1, 0.15) is 25.8 Å². The molecule has 1 aliphatic heterocycles. The van der Waals surface area contributed by atoms with Crippen LogP contribution in [0, 0.1) is 11.8 Å². The van der Waals surface area contributed by atoms with E-state index in [1.165, 1.54) is 29.5 Å². The SMILES string of the molecule is COc1ccc(Br)c(CN2CC(C)CC(C)C2)c1. The molecule has 2 nitrogen and oxygen atoms in total. The predicted octanol–water partition coefficient (Wildman–Crippen LogP) is 3.94. The molecule has 18 heavy (non-hydrogen) atoms. The zero-order valence-corrected chi connectivity index (χ0v) is 13.0. The zero-order chi connectivity index (χ0) is 13.1. The normalized spacial score (nSPS) is 25.1. The molecular weight excluding hydrogens is 290 g/mol. The minimum Gasteiger partial charge on any atom is -0.497 e. The maximum atomic E-state index is 5.30. The molecule has 2 unspecified atom stereocenters. The number of piperidine rings is 1. The van der Waals surface area contributed by atoms with E-state index < -0.39 is 0 Å². The van der Waals surface area contributed by atoms with Crippen molar-refractivity contribution in [2.45, 2.75) is 26.8 Å². The van der Waals surface area contributed by atoms with Crippen LogP contribution in [0.25, 0.3) is 0 Å². The molecule has 1 aliphatic rings. The van der Waals surface area contributed by atoms with Crippen molar-refractivity contribution >= 4 is 15.9 Å². The molecular formula is C15H22BrNO. The molecule has 2 atom stereocenters. The molecule has 3 heteroatoms. The Labute approximate surface area is 118 Å². The summed E-state index contributed by atoms with van der Waals surface area (Å²) in [7, 11) is 1.72. The number of hydrogen-bond acceptors (Lipinski definition) is 2. The van der Waals surface area contributed by atoms with Crippen molar-refractivity contribution in [3.8, 4) is 5.75 Å². The Morgan fingerprint density at radius 2 is 1.94 bits per heavy atom. The van der Waals surface area contributed by atoms with Crippen molar-refractivity contribution in [2.75, 3.05) is 20.2 Å². The highest BCUT2D eigenvalue weighted by molar-refractivity contribution is 9.10. The van der Waals surface area contributed by atoms with Crippen LogP contribution in [-0.2, 0) is 6.54 Å². The van der Waals surface area contributed by atoms with Crippen LogP contribution < -0.4 is 4.74 Å². The van der Waals surface area contributed by atoms with Crippen LogP contribution in [0.4, 0.5) is 0 Å². The van der Waals surface area contributed by atoms with E-state index in [9.17, 15) is 0 Å². The number of likely N-dealkylation sites (tertiary alicyclic amines) is 1. The number of rotatable bonds is 3. The van der Waals surface area contributed by atoms with Crippen molar-refractivity contribution < 1.29 is 4.74 Å². The van der Waals surface area contributed by atoms with Gasteiger partial charge in [0.15, 0.2) is 0 Å². The van der Waals surface area contributed by atoms with Gasteiger partial charge in [-0.15, -0.1) is 0 Å². The minimum absolute atomic E-state index is 0.804. The second-order valence-electron chi connectivity index (χ2n) is 5.60. The fourth-order valence-corrected chi connectivity index (χ4v) is 3.33. The van der Waals surface area contributed by atoms with Gasteiger partial charge in [0.25, 0.3) is 0 Å². The number of methoxy groups -OCH3 is 1. The summed E-state index contributed by atoms with van der Waals surface area (Å²) < 4.78 is 6.48. The Morgan fingerprint density at radius 1 is 1.28 bits per heavy atom. The van der Waals surface area contributed by atoms with Gasteiger partial charge in [-0.3, -0.25) is 4.90 Å². The summed E-state index contributed by atoms with van der Waals surface area (Å²) in [5.41, 5.74) is 1.32. The van der Waals surface area contributed by atoms with E-state index in [0.29, 0.717) is 0 Å². The number of hydrogen-bond donors (Lipinski definition) is 0. The molecule has 0 aliphatic carbocycles. The lowest BCUT2D eigenvalue weighted by molar-refractivity contribution is 0.134. The van der Waals surface area contributed by atoms with Gasteiger partial charge in [0, 0.05) is 24.1 Å². The molecule has 0 aromatic heterocycles. The van der Waals surface area contributed by atoms with Gasteiger partial charge in [-0.05, 0) is 42.0 Å². The first-order valence-corrected chi connectivity index (χ1v) is 7.42. The first-order chi connectivity index (χ1) is 8.58. The summed E-state index contributed by atoms with van der Waals surface area (Å²) in [5, 5.41) is 0. The Bertz CT molecular complexity index is 397. The van der Waals surface area contributed by atoms with Gasteiger partial charge >= 0.3 is 0 Å². The molecule has 1 saturated heterocycles. The molecule has 0 bridgehead atoms. The van der Waals surface area contributed by atoms with Crippen molar-refractivity contribution in [1.82, 2.24) is 4.90 Å². The third-order valence-corrected chi connectivity index (χ3v) is 4.36. The van der Waals surface area contributed by atoms with Crippen LogP contribution in [-0.4, -0.2) is 25.1 Å². The average molecular weight is 312 g/mol. The highest BCUT2D eigenvalue weighted by Crippen LogP contribution is 2.27.